The van der Waals surface area contributed by atoms with Crippen LogP contribution in [-0.2, 0) is 16.6 Å². The Morgan fingerprint density at radius 1 is 1.14 bits per heavy atom. The van der Waals surface area contributed by atoms with Gasteiger partial charge in [0.2, 0.25) is 10.0 Å². The highest BCUT2D eigenvalue weighted by molar-refractivity contribution is 7.89. The van der Waals surface area contributed by atoms with Crippen LogP contribution in [0.3, 0.4) is 0 Å². The molecule has 0 aliphatic heterocycles. The van der Waals surface area contributed by atoms with Gasteiger partial charge in [-0.1, -0.05) is 13.8 Å². The Labute approximate surface area is 128 Å². The number of furan rings is 1. The molecular formula is C15H28N2O3S. The van der Waals surface area contributed by atoms with Gasteiger partial charge in [0.25, 0.3) is 0 Å². The Hall–Kier alpha value is -0.850. The standard InChI is InChI=1S/C15H28N2O3S/c1-10(2)9-17(11(3)4)21(18,19)15-13(6)20-12(5)14(15)8-16-7/h10-11,16H,8-9H2,1-7H3. The molecule has 0 saturated heterocycles. The third-order valence-corrected chi connectivity index (χ3v) is 5.60. The normalized spacial score (nSPS) is 12.9. The summed E-state index contributed by atoms with van der Waals surface area (Å²) in [5.41, 5.74) is 0.726. The minimum Gasteiger partial charge on any atom is -0.465 e. The first-order valence-electron chi connectivity index (χ1n) is 7.38. The summed E-state index contributed by atoms with van der Waals surface area (Å²) in [5.74, 6) is 1.39. The summed E-state index contributed by atoms with van der Waals surface area (Å²) in [4.78, 5) is 0.323. The molecule has 6 heteroatoms. The van der Waals surface area contributed by atoms with Gasteiger partial charge in [0, 0.05) is 24.7 Å². The minimum absolute atomic E-state index is 0.0885. The highest BCUT2D eigenvalue weighted by Gasteiger charge is 2.33. The predicted molar refractivity (Wildman–Crippen MR) is 84.8 cm³/mol. The second-order valence-electron chi connectivity index (χ2n) is 6.11. The van der Waals surface area contributed by atoms with Gasteiger partial charge in [-0.3, -0.25) is 0 Å². The van der Waals surface area contributed by atoms with E-state index in [0.717, 1.165) is 5.56 Å². The quantitative estimate of drug-likeness (QED) is 0.840. The van der Waals surface area contributed by atoms with E-state index in [1.807, 2.05) is 27.7 Å². The van der Waals surface area contributed by atoms with E-state index in [0.29, 0.717) is 29.5 Å². The van der Waals surface area contributed by atoms with Crippen LogP contribution >= 0.6 is 0 Å². The molecule has 1 aromatic rings. The van der Waals surface area contributed by atoms with Crippen LogP contribution in [-0.4, -0.2) is 32.4 Å². The molecule has 0 saturated carbocycles. The fourth-order valence-corrected chi connectivity index (χ4v) is 4.71. The molecule has 0 aliphatic carbocycles. The van der Waals surface area contributed by atoms with Crippen LogP contribution in [0.5, 0.6) is 0 Å². The van der Waals surface area contributed by atoms with Gasteiger partial charge < -0.3 is 9.73 Å². The van der Waals surface area contributed by atoms with Gasteiger partial charge in [0.05, 0.1) is 0 Å². The van der Waals surface area contributed by atoms with E-state index in [9.17, 15) is 8.42 Å². The number of sulfonamides is 1. The monoisotopic (exact) mass is 316 g/mol. The molecule has 122 valence electrons. The zero-order chi connectivity index (χ0) is 16.4. The first kappa shape index (κ1) is 18.2. The van der Waals surface area contributed by atoms with Crippen LogP contribution in [0.1, 0.15) is 44.8 Å². The number of aryl methyl sites for hydroxylation is 2. The van der Waals surface area contributed by atoms with E-state index in [-0.39, 0.29) is 12.0 Å². The van der Waals surface area contributed by atoms with Crippen LogP contribution in [0.25, 0.3) is 0 Å². The minimum atomic E-state index is -3.56. The molecule has 0 amide bonds. The van der Waals surface area contributed by atoms with Gasteiger partial charge >= 0.3 is 0 Å². The lowest BCUT2D eigenvalue weighted by molar-refractivity contribution is 0.318. The van der Waals surface area contributed by atoms with Crippen molar-refractivity contribution in [2.24, 2.45) is 5.92 Å². The molecule has 21 heavy (non-hydrogen) atoms. The lowest BCUT2D eigenvalue weighted by atomic mass is 10.2. The van der Waals surface area contributed by atoms with Crippen molar-refractivity contribution in [3.05, 3.63) is 17.1 Å². The van der Waals surface area contributed by atoms with E-state index in [4.69, 9.17) is 4.42 Å². The van der Waals surface area contributed by atoms with E-state index < -0.39 is 10.0 Å². The summed E-state index contributed by atoms with van der Waals surface area (Å²) < 4.78 is 33.3. The van der Waals surface area contributed by atoms with Crippen molar-refractivity contribution in [1.29, 1.82) is 0 Å². The maximum atomic E-state index is 13.1. The van der Waals surface area contributed by atoms with Crippen LogP contribution in [0.4, 0.5) is 0 Å². The van der Waals surface area contributed by atoms with Crippen molar-refractivity contribution >= 4 is 10.0 Å². The molecule has 0 fully saturated rings. The number of hydrogen-bond donors (Lipinski definition) is 1. The summed E-state index contributed by atoms with van der Waals surface area (Å²) in [6.07, 6.45) is 0. The maximum Gasteiger partial charge on any atom is 0.247 e. The molecule has 0 unspecified atom stereocenters. The SMILES string of the molecule is CNCc1c(C)oc(C)c1S(=O)(=O)N(CC(C)C)C(C)C. The number of nitrogens with zero attached hydrogens (tertiary/aromatic N) is 1. The molecule has 0 bridgehead atoms. The maximum absolute atomic E-state index is 13.1. The van der Waals surface area contributed by atoms with E-state index >= 15 is 0 Å². The second-order valence-corrected chi connectivity index (χ2v) is 7.94. The third-order valence-electron chi connectivity index (χ3n) is 3.37. The fourth-order valence-electron chi connectivity index (χ4n) is 2.49. The van der Waals surface area contributed by atoms with Crippen molar-refractivity contribution in [2.45, 2.75) is 59.0 Å². The molecular weight excluding hydrogens is 288 g/mol. The van der Waals surface area contributed by atoms with E-state index in [2.05, 4.69) is 5.32 Å². The summed E-state index contributed by atoms with van der Waals surface area (Å²) in [6.45, 7) is 12.3. The highest BCUT2D eigenvalue weighted by Crippen LogP contribution is 2.30. The zero-order valence-electron chi connectivity index (χ0n) is 14.1. The molecule has 0 spiro atoms. The molecule has 0 atom stereocenters. The van der Waals surface area contributed by atoms with Gasteiger partial charge in [0.15, 0.2) is 0 Å². The lowest BCUT2D eigenvalue weighted by Crippen LogP contribution is -2.40. The van der Waals surface area contributed by atoms with Crippen LogP contribution < -0.4 is 5.32 Å². The summed E-state index contributed by atoms with van der Waals surface area (Å²) >= 11 is 0. The molecule has 1 rings (SSSR count). The smallest absolute Gasteiger partial charge is 0.247 e. The van der Waals surface area contributed by atoms with E-state index in [1.165, 1.54) is 0 Å². The van der Waals surface area contributed by atoms with Gasteiger partial charge in [-0.2, -0.15) is 4.31 Å². The van der Waals surface area contributed by atoms with Crippen LogP contribution in [0, 0.1) is 19.8 Å². The largest absolute Gasteiger partial charge is 0.465 e. The van der Waals surface area contributed by atoms with Crippen molar-refractivity contribution < 1.29 is 12.8 Å². The first-order valence-corrected chi connectivity index (χ1v) is 8.82. The van der Waals surface area contributed by atoms with Crippen LogP contribution in [0.15, 0.2) is 9.31 Å². The Balaban J connectivity index is 3.41. The number of nitrogens with one attached hydrogen (secondary N) is 1. The van der Waals surface area contributed by atoms with Crippen molar-refractivity contribution in [3.8, 4) is 0 Å². The summed E-state index contributed by atoms with van der Waals surface area (Å²) in [5, 5.41) is 3.02. The summed E-state index contributed by atoms with van der Waals surface area (Å²) in [6, 6.07) is -0.0885. The van der Waals surface area contributed by atoms with Crippen molar-refractivity contribution in [2.75, 3.05) is 13.6 Å². The van der Waals surface area contributed by atoms with Gasteiger partial charge in [-0.25, -0.2) is 8.42 Å². The third kappa shape index (κ3) is 3.87. The molecule has 5 nitrogen and oxygen atoms in total. The molecule has 1 heterocycles. The average molecular weight is 316 g/mol. The van der Waals surface area contributed by atoms with Gasteiger partial charge in [-0.15, -0.1) is 0 Å². The van der Waals surface area contributed by atoms with Crippen molar-refractivity contribution in [1.82, 2.24) is 9.62 Å². The van der Waals surface area contributed by atoms with E-state index in [1.54, 1.807) is 25.2 Å². The Morgan fingerprint density at radius 2 is 1.71 bits per heavy atom. The lowest BCUT2D eigenvalue weighted by Gasteiger charge is -2.27. The number of rotatable bonds is 7. The Bertz CT molecular complexity index is 574. The number of hydrogen-bond acceptors (Lipinski definition) is 4. The van der Waals surface area contributed by atoms with Crippen molar-refractivity contribution in [3.63, 3.8) is 0 Å². The second kappa shape index (κ2) is 6.94. The topological polar surface area (TPSA) is 62.6 Å². The molecule has 0 radical (unpaired) electrons. The molecule has 1 N–H and O–H groups in total. The van der Waals surface area contributed by atoms with Gasteiger partial charge in [-0.05, 0) is 40.7 Å². The van der Waals surface area contributed by atoms with Crippen LogP contribution in [0.2, 0.25) is 0 Å². The average Bonchev–Trinajstić information content (AvgIpc) is 2.61. The summed E-state index contributed by atoms with van der Waals surface area (Å²) in [7, 11) is -1.76. The Kier molecular flexibility index (Phi) is 6.01. The molecule has 1 aromatic heterocycles. The fraction of sp³-hybridized carbons (Fsp3) is 0.733. The highest BCUT2D eigenvalue weighted by atomic mass is 32.2. The molecule has 0 aliphatic rings. The van der Waals surface area contributed by atoms with Gasteiger partial charge in [0.1, 0.15) is 16.4 Å². The Morgan fingerprint density at radius 3 is 2.14 bits per heavy atom. The molecule has 0 aromatic carbocycles. The first-order chi connectivity index (χ1) is 9.62. The zero-order valence-corrected chi connectivity index (χ0v) is 15.0. The predicted octanol–water partition coefficient (Wildman–Crippen LogP) is 2.67.